The van der Waals surface area contributed by atoms with Gasteiger partial charge in [0.15, 0.2) is 8.80 Å². The number of hydrogen-bond acceptors (Lipinski definition) is 0. The zero-order chi connectivity index (χ0) is 17.7. The summed E-state index contributed by atoms with van der Waals surface area (Å²) in [5.41, 5.74) is 3.27. The van der Waals surface area contributed by atoms with Gasteiger partial charge in [0.2, 0.25) is 0 Å². The van der Waals surface area contributed by atoms with Crippen LogP contribution in [0, 0.1) is 11.5 Å². The number of benzene rings is 3. The predicted molar refractivity (Wildman–Crippen MR) is 97.6 cm³/mol. The maximum Gasteiger partial charge on any atom is 0.416 e. The van der Waals surface area contributed by atoms with Crippen molar-refractivity contribution >= 4 is 19.2 Å². The summed E-state index contributed by atoms with van der Waals surface area (Å²) in [6, 6.07) is 25.1. The number of rotatable bonds is 2. The lowest BCUT2D eigenvalue weighted by Gasteiger charge is -2.09. The van der Waals surface area contributed by atoms with Crippen LogP contribution in [0.15, 0.2) is 84.9 Å². The van der Waals surface area contributed by atoms with Gasteiger partial charge in [-0.1, -0.05) is 66.6 Å². The number of alkyl halides is 3. The standard InChI is InChI=1S/C21H15F3Si/c22-21(23,24)18-13-11-17(12-14-18)15-16-25(19-7-3-1-4-8-19)20-9-5-2-6-10-20/h1-14,25H. The second kappa shape index (κ2) is 7.41. The normalized spacial score (nSPS) is 11.0. The first-order chi connectivity index (χ1) is 12.0. The summed E-state index contributed by atoms with van der Waals surface area (Å²) in [5.74, 6) is 3.06. The third-order valence-corrected chi connectivity index (χ3v) is 6.38. The molecular weight excluding hydrogens is 337 g/mol. The number of halogens is 3. The van der Waals surface area contributed by atoms with Crippen molar-refractivity contribution in [3.05, 3.63) is 96.1 Å². The van der Waals surface area contributed by atoms with Crippen LogP contribution < -0.4 is 10.4 Å². The summed E-state index contributed by atoms with van der Waals surface area (Å²) in [7, 11) is -1.75. The summed E-state index contributed by atoms with van der Waals surface area (Å²) in [6.45, 7) is 0. The molecule has 0 unspecified atom stereocenters. The van der Waals surface area contributed by atoms with E-state index in [0.717, 1.165) is 12.1 Å². The molecule has 0 aliphatic carbocycles. The zero-order valence-electron chi connectivity index (χ0n) is 13.3. The van der Waals surface area contributed by atoms with Gasteiger partial charge in [-0.25, -0.2) is 0 Å². The highest BCUT2D eigenvalue weighted by Crippen LogP contribution is 2.28. The minimum atomic E-state index is -4.32. The molecule has 3 aromatic rings. The largest absolute Gasteiger partial charge is 0.416 e. The highest BCUT2D eigenvalue weighted by Gasteiger charge is 2.29. The highest BCUT2D eigenvalue weighted by molar-refractivity contribution is 6.91. The molecule has 0 fully saturated rings. The topological polar surface area (TPSA) is 0 Å². The summed E-state index contributed by atoms with van der Waals surface area (Å²) in [4.78, 5) is 0. The lowest BCUT2D eigenvalue weighted by molar-refractivity contribution is -0.137. The third-order valence-electron chi connectivity index (χ3n) is 3.84. The van der Waals surface area contributed by atoms with Crippen molar-refractivity contribution in [1.82, 2.24) is 0 Å². The van der Waals surface area contributed by atoms with E-state index in [2.05, 4.69) is 35.7 Å². The van der Waals surface area contributed by atoms with Crippen LogP contribution in [0.25, 0.3) is 0 Å². The minimum Gasteiger partial charge on any atom is -0.166 e. The van der Waals surface area contributed by atoms with Crippen LogP contribution in [0.5, 0.6) is 0 Å². The van der Waals surface area contributed by atoms with Crippen LogP contribution in [0.1, 0.15) is 11.1 Å². The first-order valence-corrected chi connectivity index (χ1v) is 9.56. The van der Waals surface area contributed by atoms with Gasteiger partial charge in [-0.2, -0.15) is 13.2 Å². The Morgan fingerprint density at radius 3 is 1.56 bits per heavy atom. The molecular formula is C21H15F3Si. The average Bonchev–Trinajstić information content (AvgIpc) is 2.63. The van der Waals surface area contributed by atoms with E-state index in [1.807, 2.05) is 36.4 Å². The van der Waals surface area contributed by atoms with Crippen molar-refractivity contribution in [2.75, 3.05) is 0 Å². The molecule has 0 saturated heterocycles. The quantitative estimate of drug-likeness (QED) is 0.488. The molecule has 124 valence electrons. The molecule has 0 N–H and O–H groups in total. The van der Waals surface area contributed by atoms with Gasteiger partial charge in [0.05, 0.1) is 5.56 Å². The highest BCUT2D eigenvalue weighted by atomic mass is 28.3. The van der Waals surface area contributed by atoms with Gasteiger partial charge in [-0.3, -0.25) is 0 Å². The maximum absolute atomic E-state index is 12.6. The van der Waals surface area contributed by atoms with Gasteiger partial charge in [0.25, 0.3) is 0 Å². The van der Waals surface area contributed by atoms with Crippen molar-refractivity contribution in [3.8, 4) is 11.5 Å². The minimum absolute atomic E-state index is 0.595. The van der Waals surface area contributed by atoms with Gasteiger partial charge >= 0.3 is 6.18 Å². The molecule has 0 aliphatic rings. The fourth-order valence-corrected chi connectivity index (χ4v) is 4.79. The van der Waals surface area contributed by atoms with Crippen molar-refractivity contribution in [2.24, 2.45) is 0 Å². The summed E-state index contributed by atoms with van der Waals surface area (Å²) in [6.07, 6.45) is -4.32. The number of hydrogen-bond donors (Lipinski definition) is 0. The molecule has 0 heterocycles. The van der Waals surface area contributed by atoms with Crippen molar-refractivity contribution in [2.45, 2.75) is 6.18 Å². The van der Waals surface area contributed by atoms with Crippen molar-refractivity contribution < 1.29 is 13.2 Å². The molecule has 0 spiro atoms. The second-order valence-corrected chi connectivity index (χ2v) is 8.09. The molecule has 0 aliphatic heterocycles. The molecule has 25 heavy (non-hydrogen) atoms. The first-order valence-electron chi connectivity index (χ1n) is 7.83. The second-order valence-electron chi connectivity index (χ2n) is 5.60. The van der Waals surface area contributed by atoms with Gasteiger partial charge in [0, 0.05) is 5.56 Å². The van der Waals surface area contributed by atoms with Crippen LogP contribution in [0.2, 0.25) is 0 Å². The maximum atomic E-state index is 12.6. The molecule has 4 heteroatoms. The summed E-state index contributed by atoms with van der Waals surface area (Å²) >= 11 is 0. The monoisotopic (exact) mass is 352 g/mol. The Morgan fingerprint density at radius 2 is 1.12 bits per heavy atom. The molecule has 3 rings (SSSR count). The Balaban J connectivity index is 1.93. The Hall–Kier alpha value is -2.77. The Labute approximate surface area is 146 Å². The van der Waals surface area contributed by atoms with Crippen LogP contribution >= 0.6 is 0 Å². The van der Waals surface area contributed by atoms with E-state index in [-0.39, 0.29) is 0 Å². The Morgan fingerprint density at radius 1 is 0.640 bits per heavy atom. The Kier molecular flexibility index (Phi) is 5.06. The van der Waals surface area contributed by atoms with E-state index in [1.165, 1.54) is 22.5 Å². The molecule has 0 nitrogen and oxygen atoms in total. The van der Waals surface area contributed by atoms with Gasteiger partial charge in [-0.15, -0.1) is 5.54 Å². The third kappa shape index (κ3) is 4.40. The van der Waals surface area contributed by atoms with Gasteiger partial charge in [0.1, 0.15) is 0 Å². The fourth-order valence-electron chi connectivity index (χ4n) is 2.55. The zero-order valence-corrected chi connectivity index (χ0v) is 14.4. The van der Waals surface area contributed by atoms with Crippen molar-refractivity contribution in [1.29, 1.82) is 0 Å². The van der Waals surface area contributed by atoms with E-state index >= 15 is 0 Å². The van der Waals surface area contributed by atoms with E-state index in [1.54, 1.807) is 0 Å². The molecule has 0 radical (unpaired) electrons. The fraction of sp³-hybridized carbons (Fsp3) is 0.0476. The molecule has 0 aromatic heterocycles. The smallest absolute Gasteiger partial charge is 0.166 e. The molecule has 0 amide bonds. The molecule has 0 saturated carbocycles. The average molecular weight is 352 g/mol. The van der Waals surface area contributed by atoms with Crippen LogP contribution in [-0.4, -0.2) is 8.80 Å². The van der Waals surface area contributed by atoms with E-state index in [0.29, 0.717) is 5.56 Å². The van der Waals surface area contributed by atoms with E-state index < -0.39 is 20.5 Å². The van der Waals surface area contributed by atoms with Crippen LogP contribution in [0.3, 0.4) is 0 Å². The van der Waals surface area contributed by atoms with Crippen LogP contribution in [-0.2, 0) is 6.18 Å². The summed E-state index contributed by atoms with van der Waals surface area (Å²) in [5, 5.41) is 2.38. The van der Waals surface area contributed by atoms with Gasteiger partial charge < -0.3 is 0 Å². The van der Waals surface area contributed by atoms with Crippen molar-refractivity contribution in [3.63, 3.8) is 0 Å². The van der Waals surface area contributed by atoms with E-state index in [9.17, 15) is 13.2 Å². The first kappa shape index (κ1) is 17.1. The lowest BCUT2D eigenvalue weighted by Crippen LogP contribution is -2.41. The molecule has 0 atom stereocenters. The van der Waals surface area contributed by atoms with E-state index in [4.69, 9.17) is 0 Å². The molecule has 3 aromatic carbocycles. The SMILES string of the molecule is FC(F)(F)c1ccc(C#C[SiH](c2ccccc2)c2ccccc2)cc1. The predicted octanol–water partition coefficient (Wildman–Crippen LogP) is 3.64. The van der Waals surface area contributed by atoms with Gasteiger partial charge in [-0.05, 0) is 34.6 Å². The van der Waals surface area contributed by atoms with Crippen LogP contribution in [0.4, 0.5) is 13.2 Å². The summed E-state index contributed by atoms with van der Waals surface area (Å²) < 4.78 is 37.9. The lowest BCUT2D eigenvalue weighted by atomic mass is 10.1. The molecule has 0 bridgehead atoms. The Bertz CT molecular complexity index is 834.